The lowest BCUT2D eigenvalue weighted by molar-refractivity contribution is 0.490. The number of nitrogen functional groups attached to an aromatic ring is 1. The Bertz CT molecular complexity index is 467. The first-order valence-electron chi connectivity index (χ1n) is 5.00. The molecular formula is C11H14N4O. The van der Waals surface area contributed by atoms with Gasteiger partial charge >= 0.3 is 0 Å². The SMILES string of the molecule is Cc1ccc(CNc2ccnc(NN)c2)o1. The zero-order valence-electron chi connectivity index (χ0n) is 9.03. The van der Waals surface area contributed by atoms with Crippen molar-refractivity contribution in [1.29, 1.82) is 0 Å². The van der Waals surface area contributed by atoms with Crippen LogP contribution in [-0.4, -0.2) is 4.98 Å². The quantitative estimate of drug-likeness (QED) is 0.539. The van der Waals surface area contributed by atoms with Crippen molar-refractivity contribution in [2.75, 3.05) is 10.7 Å². The second kappa shape index (κ2) is 4.67. The van der Waals surface area contributed by atoms with E-state index in [9.17, 15) is 0 Å². The first kappa shape index (κ1) is 10.5. The maximum absolute atomic E-state index is 5.44. The molecule has 2 aromatic heterocycles. The summed E-state index contributed by atoms with van der Waals surface area (Å²) in [6.07, 6.45) is 1.69. The van der Waals surface area contributed by atoms with Gasteiger partial charge in [-0.3, -0.25) is 0 Å². The monoisotopic (exact) mass is 218 g/mol. The Balaban J connectivity index is 1.99. The standard InChI is InChI=1S/C11H14N4O/c1-8-2-3-10(16-8)7-14-9-4-5-13-11(6-9)15-12/h2-6H,7,12H2,1H3,(H2,13,14,15). The van der Waals surface area contributed by atoms with E-state index < -0.39 is 0 Å². The van der Waals surface area contributed by atoms with Crippen LogP contribution in [0.2, 0.25) is 0 Å². The highest BCUT2D eigenvalue weighted by Gasteiger charge is 1.99. The highest BCUT2D eigenvalue weighted by Crippen LogP contribution is 2.13. The van der Waals surface area contributed by atoms with Crippen LogP contribution < -0.4 is 16.6 Å². The van der Waals surface area contributed by atoms with Crippen LogP contribution in [0, 0.1) is 6.92 Å². The lowest BCUT2D eigenvalue weighted by Crippen LogP contribution is -2.08. The molecule has 0 aliphatic carbocycles. The fraction of sp³-hybridized carbons (Fsp3) is 0.182. The van der Waals surface area contributed by atoms with Gasteiger partial charge in [-0.25, -0.2) is 10.8 Å². The normalized spacial score (nSPS) is 10.1. The van der Waals surface area contributed by atoms with Crippen LogP contribution in [0.3, 0.4) is 0 Å². The maximum atomic E-state index is 5.44. The number of hydrazine groups is 1. The van der Waals surface area contributed by atoms with Gasteiger partial charge in [0.25, 0.3) is 0 Å². The molecule has 5 heteroatoms. The number of furan rings is 1. The lowest BCUT2D eigenvalue weighted by atomic mass is 10.3. The molecule has 16 heavy (non-hydrogen) atoms. The van der Waals surface area contributed by atoms with Crippen molar-refractivity contribution in [3.05, 3.63) is 42.0 Å². The summed E-state index contributed by atoms with van der Waals surface area (Å²) in [4.78, 5) is 4.02. The van der Waals surface area contributed by atoms with E-state index in [0.29, 0.717) is 12.4 Å². The molecule has 0 unspecified atom stereocenters. The Labute approximate surface area is 93.6 Å². The number of nitrogens with zero attached hydrogens (tertiary/aromatic N) is 1. The van der Waals surface area contributed by atoms with E-state index in [1.54, 1.807) is 6.20 Å². The molecule has 0 saturated carbocycles. The minimum atomic E-state index is 0.626. The zero-order chi connectivity index (χ0) is 11.4. The lowest BCUT2D eigenvalue weighted by Gasteiger charge is -2.05. The fourth-order valence-electron chi connectivity index (χ4n) is 1.39. The molecule has 0 fully saturated rings. The number of nitrogens with two attached hydrogens (primary N) is 1. The molecule has 0 amide bonds. The molecule has 0 aliphatic rings. The molecule has 2 aromatic rings. The second-order valence-corrected chi connectivity index (χ2v) is 3.44. The zero-order valence-corrected chi connectivity index (χ0v) is 9.03. The van der Waals surface area contributed by atoms with Crippen LogP contribution in [0.4, 0.5) is 11.5 Å². The van der Waals surface area contributed by atoms with Crippen molar-refractivity contribution in [2.24, 2.45) is 5.84 Å². The van der Waals surface area contributed by atoms with E-state index in [1.807, 2.05) is 31.2 Å². The van der Waals surface area contributed by atoms with Crippen LogP contribution in [-0.2, 0) is 6.54 Å². The van der Waals surface area contributed by atoms with Crippen molar-refractivity contribution in [3.63, 3.8) is 0 Å². The van der Waals surface area contributed by atoms with E-state index in [0.717, 1.165) is 17.2 Å². The number of hydrogen-bond acceptors (Lipinski definition) is 5. The van der Waals surface area contributed by atoms with Gasteiger partial charge in [0, 0.05) is 18.0 Å². The number of pyridine rings is 1. The Morgan fingerprint density at radius 3 is 2.94 bits per heavy atom. The molecule has 0 radical (unpaired) electrons. The van der Waals surface area contributed by atoms with Gasteiger partial charge in [-0.1, -0.05) is 0 Å². The summed E-state index contributed by atoms with van der Waals surface area (Å²) < 4.78 is 5.44. The summed E-state index contributed by atoms with van der Waals surface area (Å²) in [5.41, 5.74) is 3.44. The highest BCUT2D eigenvalue weighted by molar-refractivity contribution is 5.51. The molecule has 4 N–H and O–H groups in total. The van der Waals surface area contributed by atoms with Crippen LogP contribution in [0.5, 0.6) is 0 Å². The van der Waals surface area contributed by atoms with Gasteiger partial charge in [0.2, 0.25) is 0 Å². The summed E-state index contributed by atoms with van der Waals surface area (Å²) in [6.45, 7) is 2.56. The summed E-state index contributed by atoms with van der Waals surface area (Å²) in [6, 6.07) is 7.59. The third-order valence-corrected chi connectivity index (χ3v) is 2.17. The number of aryl methyl sites for hydroxylation is 1. The van der Waals surface area contributed by atoms with Gasteiger partial charge in [-0.2, -0.15) is 0 Å². The van der Waals surface area contributed by atoms with Gasteiger partial charge < -0.3 is 15.2 Å². The first-order chi connectivity index (χ1) is 7.78. The third kappa shape index (κ3) is 2.52. The predicted molar refractivity (Wildman–Crippen MR) is 62.8 cm³/mol. The maximum Gasteiger partial charge on any atom is 0.141 e. The average Bonchev–Trinajstić information content (AvgIpc) is 2.73. The van der Waals surface area contributed by atoms with Crippen LogP contribution >= 0.6 is 0 Å². The first-order valence-corrected chi connectivity index (χ1v) is 5.00. The molecule has 0 spiro atoms. The minimum Gasteiger partial charge on any atom is -0.465 e. The summed E-state index contributed by atoms with van der Waals surface area (Å²) in [7, 11) is 0. The van der Waals surface area contributed by atoms with Crippen molar-refractivity contribution in [3.8, 4) is 0 Å². The average molecular weight is 218 g/mol. The Hall–Kier alpha value is -2.01. The van der Waals surface area contributed by atoms with E-state index in [1.165, 1.54) is 0 Å². The minimum absolute atomic E-state index is 0.626. The van der Waals surface area contributed by atoms with Gasteiger partial charge in [0.15, 0.2) is 0 Å². The molecule has 2 rings (SSSR count). The molecule has 0 aliphatic heterocycles. The van der Waals surface area contributed by atoms with Gasteiger partial charge in [0.1, 0.15) is 17.3 Å². The number of aromatic nitrogens is 1. The Kier molecular flexibility index (Phi) is 3.07. The second-order valence-electron chi connectivity index (χ2n) is 3.44. The summed E-state index contributed by atoms with van der Waals surface area (Å²) in [5.74, 6) is 7.71. The molecule has 84 valence electrons. The molecule has 5 nitrogen and oxygen atoms in total. The molecule has 0 aromatic carbocycles. The van der Waals surface area contributed by atoms with Gasteiger partial charge in [-0.05, 0) is 25.1 Å². The van der Waals surface area contributed by atoms with E-state index in [-0.39, 0.29) is 0 Å². The smallest absolute Gasteiger partial charge is 0.141 e. The fourth-order valence-corrected chi connectivity index (χ4v) is 1.39. The van der Waals surface area contributed by atoms with E-state index >= 15 is 0 Å². The number of rotatable bonds is 4. The van der Waals surface area contributed by atoms with E-state index in [2.05, 4.69) is 15.7 Å². The van der Waals surface area contributed by atoms with Crippen molar-refractivity contribution < 1.29 is 4.42 Å². The van der Waals surface area contributed by atoms with Crippen LogP contribution in [0.1, 0.15) is 11.5 Å². The van der Waals surface area contributed by atoms with Crippen LogP contribution in [0.15, 0.2) is 34.9 Å². The van der Waals surface area contributed by atoms with Crippen LogP contribution in [0.25, 0.3) is 0 Å². The third-order valence-electron chi connectivity index (χ3n) is 2.17. The highest BCUT2D eigenvalue weighted by atomic mass is 16.3. The Morgan fingerprint density at radius 2 is 2.25 bits per heavy atom. The molecule has 0 saturated heterocycles. The summed E-state index contributed by atoms with van der Waals surface area (Å²) in [5, 5.41) is 3.22. The van der Waals surface area contributed by atoms with E-state index in [4.69, 9.17) is 10.3 Å². The predicted octanol–water partition coefficient (Wildman–Crippen LogP) is 1.88. The topological polar surface area (TPSA) is 76.1 Å². The Morgan fingerprint density at radius 1 is 1.38 bits per heavy atom. The molecule has 2 heterocycles. The molecule has 0 bridgehead atoms. The number of anilines is 2. The van der Waals surface area contributed by atoms with Gasteiger partial charge in [-0.15, -0.1) is 0 Å². The number of hydrogen-bond donors (Lipinski definition) is 3. The summed E-state index contributed by atoms with van der Waals surface area (Å²) >= 11 is 0. The molecular weight excluding hydrogens is 204 g/mol. The van der Waals surface area contributed by atoms with Gasteiger partial charge in [0.05, 0.1) is 6.54 Å². The van der Waals surface area contributed by atoms with Crippen molar-refractivity contribution >= 4 is 11.5 Å². The number of nitrogens with one attached hydrogen (secondary N) is 2. The largest absolute Gasteiger partial charge is 0.465 e. The van der Waals surface area contributed by atoms with Crippen molar-refractivity contribution in [2.45, 2.75) is 13.5 Å². The molecule has 0 atom stereocenters. The van der Waals surface area contributed by atoms with Crippen molar-refractivity contribution in [1.82, 2.24) is 4.98 Å².